The third-order valence-corrected chi connectivity index (χ3v) is 3.67. The fraction of sp³-hybridized carbons (Fsp3) is 0.0909. The zero-order chi connectivity index (χ0) is 18.2. The number of carbonyl (C=O) groups excluding carboxylic acids is 1. The summed E-state index contributed by atoms with van der Waals surface area (Å²) in [7, 11) is 0. The van der Waals surface area contributed by atoms with E-state index in [2.05, 4.69) is 4.98 Å². The second kappa shape index (κ2) is 8.62. The van der Waals surface area contributed by atoms with Crippen molar-refractivity contribution in [1.82, 2.24) is 4.98 Å². The molecule has 1 aromatic heterocycles. The zero-order valence-corrected chi connectivity index (χ0v) is 14.5. The van der Waals surface area contributed by atoms with Crippen LogP contribution in [0, 0.1) is 0 Å². The average Bonchev–Trinajstić information content (AvgIpc) is 2.69. The number of hydrogen-bond acceptors (Lipinski definition) is 4. The summed E-state index contributed by atoms with van der Waals surface area (Å²) in [6, 6.07) is 18.1. The predicted molar refractivity (Wildman–Crippen MR) is 102 cm³/mol. The molecule has 0 saturated heterocycles. The third kappa shape index (κ3) is 4.80. The molecule has 1 heterocycles. The van der Waals surface area contributed by atoms with E-state index in [1.807, 2.05) is 43.3 Å². The maximum Gasteiger partial charge on any atom is 0.343 e. The molecule has 4 nitrogen and oxygen atoms in total. The van der Waals surface area contributed by atoms with Crippen molar-refractivity contribution in [2.24, 2.45) is 0 Å². The number of nitrogens with zero attached hydrogens (tertiary/aromatic N) is 1. The topological polar surface area (TPSA) is 48.4 Å². The molecule has 0 atom stereocenters. The minimum Gasteiger partial charge on any atom is -0.494 e. The Bertz CT molecular complexity index is 870. The first kappa shape index (κ1) is 17.4. The highest BCUT2D eigenvalue weighted by Crippen LogP contribution is 2.17. The first-order chi connectivity index (χ1) is 12.7. The van der Waals surface area contributed by atoms with Crippen molar-refractivity contribution in [3.8, 4) is 11.5 Å². The quantitative estimate of drug-likeness (QED) is 0.472. The molecule has 0 N–H and O–H groups in total. The fourth-order valence-electron chi connectivity index (χ4n) is 2.33. The summed E-state index contributed by atoms with van der Waals surface area (Å²) in [4.78, 5) is 16.2. The van der Waals surface area contributed by atoms with Crippen LogP contribution in [0.3, 0.4) is 0 Å². The van der Waals surface area contributed by atoms with Gasteiger partial charge in [-0.1, -0.05) is 24.3 Å². The molecule has 3 aromatic rings. The lowest BCUT2D eigenvalue weighted by molar-refractivity contribution is 0.0734. The van der Waals surface area contributed by atoms with Gasteiger partial charge in [0.05, 0.1) is 12.2 Å². The van der Waals surface area contributed by atoms with E-state index in [-0.39, 0.29) is 0 Å². The van der Waals surface area contributed by atoms with Gasteiger partial charge in [-0.3, -0.25) is 4.98 Å². The summed E-state index contributed by atoms with van der Waals surface area (Å²) in [6.45, 7) is 2.50. The van der Waals surface area contributed by atoms with Gasteiger partial charge >= 0.3 is 5.97 Å². The molecule has 26 heavy (non-hydrogen) atoms. The maximum atomic E-state index is 12.2. The Hall–Kier alpha value is -3.40. The highest BCUT2D eigenvalue weighted by Gasteiger charge is 2.08. The van der Waals surface area contributed by atoms with Gasteiger partial charge in [-0.2, -0.15) is 0 Å². The molecule has 3 rings (SSSR count). The largest absolute Gasteiger partial charge is 0.494 e. The van der Waals surface area contributed by atoms with Crippen LogP contribution < -0.4 is 9.47 Å². The van der Waals surface area contributed by atoms with Crippen LogP contribution in [0.25, 0.3) is 12.2 Å². The third-order valence-electron chi connectivity index (χ3n) is 3.67. The lowest BCUT2D eigenvalue weighted by Gasteiger charge is -2.06. The molecule has 130 valence electrons. The molecule has 0 fully saturated rings. The van der Waals surface area contributed by atoms with Crippen LogP contribution in [-0.2, 0) is 0 Å². The van der Waals surface area contributed by atoms with E-state index in [1.165, 1.54) is 0 Å². The van der Waals surface area contributed by atoms with Crippen molar-refractivity contribution in [2.75, 3.05) is 6.61 Å². The highest BCUT2D eigenvalue weighted by molar-refractivity contribution is 5.91. The Morgan fingerprint density at radius 1 is 0.846 bits per heavy atom. The number of hydrogen-bond donors (Lipinski definition) is 0. The van der Waals surface area contributed by atoms with Crippen molar-refractivity contribution in [1.29, 1.82) is 0 Å². The van der Waals surface area contributed by atoms with Crippen LogP contribution in [-0.4, -0.2) is 17.6 Å². The van der Waals surface area contributed by atoms with E-state index in [1.54, 1.807) is 48.8 Å². The molecule has 0 spiro atoms. The minimum atomic E-state index is -0.395. The summed E-state index contributed by atoms with van der Waals surface area (Å²) in [6.07, 6.45) is 7.50. The Morgan fingerprint density at radius 3 is 2.04 bits per heavy atom. The monoisotopic (exact) mass is 345 g/mol. The Kier molecular flexibility index (Phi) is 5.78. The van der Waals surface area contributed by atoms with E-state index in [0.717, 1.165) is 16.9 Å². The molecule has 0 saturated carbocycles. The van der Waals surface area contributed by atoms with E-state index in [0.29, 0.717) is 17.9 Å². The van der Waals surface area contributed by atoms with Crippen molar-refractivity contribution in [3.63, 3.8) is 0 Å². The van der Waals surface area contributed by atoms with Gasteiger partial charge in [0.2, 0.25) is 0 Å². The predicted octanol–water partition coefficient (Wildman–Crippen LogP) is 4.87. The smallest absolute Gasteiger partial charge is 0.343 e. The molecule has 0 aliphatic heterocycles. The molecular formula is C22H19NO3. The van der Waals surface area contributed by atoms with Crippen molar-refractivity contribution in [2.45, 2.75) is 6.92 Å². The first-order valence-corrected chi connectivity index (χ1v) is 8.38. The summed E-state index contributed by atoms with van der Waals surface area (Å²) >= 11 is 0. The van der Waals surface area contributed by atoms with Crippen LogP contribution in [0.4, 0.5) is 0 Å². The second-order valence-corrected chi connectivity index (χ2v) is 5.53. The molecule has 0 aliphatic carbocycles. The molecule has 0 radical (unpaired) electrons. The Morgan fingerprint density at radius 2 is 1.42 bits per heavy atom. The lowest BCUT2D eigenvalue weighted by Crippen LogP contribution is -2.08. The molecule has 4 heteroatoms. The van der Waals surface area contributed by atoms with Gasteiger partial charge in [0, 0.05) is 12.4 Å². The standard InChI is InChI=1S/C22H19NO3/c1-2-25-20-11-7-19(8-12-20)22(24)26-21-9-5-17(6-10-21)3-4-18-13-15-23-16-14-18/h3-16H,2H2,1H3/b4-3+. The first-order valence-electron chi connectivity index (χ1n) is 8.38. The highest BCUT2D eigenvalue weighted by atomic mass is 16.5. The van der Waals surface area contributed by atoms with Crippen LogP contribution in [0.5, 0.6) is 11.5 Å². The van der Waals surface area contributed by atoms with Gasteiger partial charge < -0.3 is 9.47 Å². The summed E-state index contributed by atoms with van der Waals surface area (Å²) in [5, 5.41) is 0. The average molecular weight is 345 g/mol. The fourth-order valence-corrected chi connectivity index (χ4v) is 2.33. The number of rotatable bonds is 6. The number of ether oxygens (including phenoxy) is 2. The number of carbonyl (C=O) groups is 1. The van der Waals surface area contributed by atoms with Gasteiger partial charge in [-0.15, -0.1) is 0 Å². The normalized spacial score (nSPS) is 10.7. The van der Waals surface area contributed by atoms with E-state index in [4.69, 9.17) is 9.47 Å². The zero-order valence-electron chi connectivity index (χ0n) is 14.5. The van der Waals surface area contributed by atoms with Crippen molar-refractivity contribution < 1.29 is 14.3 Å². The molecule has 2 aromatic carbocycles. The molecule has 0 unspecified atom stereocenters. The van der Waals surface area contributed by atoms with Gasteiger partial charge in [0.1, 0.15) is 11.5 Å². The van der Waals surface area contributed by atoms with E-state index >= 15 is 0 Å². The lowest BCUT2D eigenvalue weighted by atomic mass is 10.1. The van der Waals surface area contributed by atoms with Crippen LogP contribution >= 0.6 is 0 Å². The number of esters is 1. The van der Waals surface area contributed by atoms with Crippen molar-refractivity contribution in [3.05, 3.63) is 89.7 Å². The molecule has 0 amide bonds. The minimum absolute atomic E-state index is 0.395. The SMILES string of the molecule is CCOc1ccc(C(=O)Oc2ccc(/C=C/c3ccncc3)cc2)cc1. The van der Waals surface area contributed by atoms with Crippen LogP contribution in [0.2, 0.25) is 0 Å². The summed E-state index contributed by atoms with van der Waals surface area (Å²) < 4.78 is 10.8. The molecule has 0 bridgehead atoms. The molecule has 0 aliphatic rings. The van der Waals surface area contributed by atoms with E-state index < -0.39 is 5.97 Å². The van der Waals surface area contributed by atoms with Gasteiger partial charge in [0.25, 0.3) is 0 Å². The van der Waals surface area contributed by atoms with E-state index in [9.17, 15) is 4.79 Å². The number of benzene rings is 2. The summed E-state index contributed by atoms with van der Waals surface area (Å²) in [5.41, 5.74) is 2.57. The van der Waals surface area contributed by atoms with Gasteiger partial charge in [0.15, 0.2) is 0 Å². The Balaban J connectivity index is 1.61. The second-order valence-electron chi connectivity index (χ2n) is 5.53. The maximum absolute atomic E-state index is 12.2. The molecular weight excluding hydrogens is 326 g/mol. The van der Waals surface area contributed by atoms with Crippen LogP contribution in [0.1, 0.15) is 28.4 Å². The number of pyridine rings is 1. The summed E-state index contributed by atoms with van der Waals surface area (Å²) in [5.74, 6) is 0.840. The van der Waals surface area contributed by atoms with Crippen LogP contribution in [0.15, 0.2) is 73.1 Å². The van der Waals surface area contributed by atoms with Gasteiger partial charge in [-0.25, -0.2) is 4.79 Å². The Labute approximate surface area is 152 Å². The van der Waals surface area contributed by atoms with Crippen molar-refractivity contribution >= 4 is 18.1 Å². The number of aromatic nitrogens is 1. The van der Waals surface area contributed by atoms with Gasteiger partial charge in [-0.05, 0) is 66.6 Å².